The topological polar surface area (TPSA) is 70.7 Å². The summed E-state index contributed by atoms with van der Waals surface area (Å²) in [6.45, 7) is -1.31. The molecule has 0 aliphatic carbocycles. The average molecular weight is 401 g/mol. The molecule has 1 heterocycles. The summed E-state index contributed by atoms with van der Waals surface area (Å²) in [6.07, 6.45) is -4.55. The van der Waals surface area contributed by atoms with Crippen LogP contribution in [-0.2, 0) is 11.3 Å². The number of anilines is 1. The van der Waals surface area contributed by atoms with Crippen LogP contribution in [0.4, 0.5) is 23.7 Å². The number of benzene rings is 1. The number of imide groups is 1. The third kappa shape index (κ3) is 7.18. The summed E-state index contributed by atoms with van der Waals surface area (Å²) in [6, 6.07) is 9.54. The molecule has 0 fully saturated rings. The Morgan fingerprint density at radius 3 is 2.44 bits per heavy atom. The van der Waals surface area contributed by atoms with Gasteiger partial charge < -0.3 is 15.0 Å². The molecule has 0 aliphatic rings. The van der Waals surface area contributed by atoms with E-state index in [4.69, 9.17) is 4.74 Å². The average Bonchev–Trinajstić information content (AvgIpc) is 3.12. The minimum atomic E-state index is -4.55. The van der Waals surface area contributed by atoms with Crippen molar-refractivity contribution in [1.82, 2.24) is 10.6 Å². The number of nitrogens with one attached hydrogen (secondary N) is 2. The third-order valence-corrected chi connectivity index (χ3v) is 4.26. The van der Waals surface area contributed by atoms with Gasteiger partial charge in [0.2, 0.25) is 5.91 Å². The van der Waals surface area contributed by atoms with Gasteiger partial charge in [0.25, 0.3) is 0 Å². The molecule has 3 amide bonds. The highest BCUT2D eigenvalue weighted by atomic mass is 32.1. The first-order valence-electron chi connectivity index (χ1n) is 7.82. The number of alkyl halides is 3. The minimum Gasteiger partial charge on any atom is -0.497 e. The van der Waals surface area contributed by atoms with E-state index in [1.165, 1.54) is 18.4 Å². The molecule has 2 aromatic rings. The lowest BCUT2D eigenvalue weighted by Crippen LogP contribution is -2.46. The molecule has 0 radical (unpaired) electrons. The normalized spacial score (nSPS) is 11.0. The maximum Gasteiger partial charge on any atom is 0.405 e. The van der Waals surface area contributed by atoms with Gasteiger partial charge in [-0.05, 0) is 35.7 Å². The van der Waals surface area contributed by atoms with Gasteiger partial charge in [0.15, 0.2) is 0 Å². The van der Waals surface area contributed by atoms with Crippen molar-refractivity contribution in [1.29, 1.82) is 0 Å². The molecule has 146 valence electrons. The number of amides is 3. The van der Waals surface area contributed by atoms with Gasteiger partial charge in [0, 0.05) is 10.6 Å². The summed E-state index contributed by atoms with van der Waals surface area (Å²) in [5.41, 5.74) is 0.704. The first-order valence-corrected chi connectivity index (χ1v) is 8.70. The molecule has 0 bridgehead atoms. The van der Waals surface area contributed by atoms with Crippen LogP contribution < -0.4 is 20.3 Å². The number of nitrogens with zero attached hydrogens (tertiary/aromatic N) is 1. The Morgan fingerprint density at radius 1 is 1.19 bits per heavy atom. The van der Waals surface area contributed by atoms with Gasteiger partial charge in [-0.25, -0.2) is 4.79 Å². The third-order valence-electron chi connectivity index (χ3n) is 3.40. The summed E-state index contributed by atoms with van der Waals surface area (Å²) >= 11 is 1.50. The van der Waals surface area contributed by atoms with Crippen molar-refractivity contribution in [3.8, 4) is 5.75 Å². The van der Waals surface area contributed by atoms with Crippen LogP contribution in [0.5, 0.6) is 5.75 Å². The van der Waals surface area contributed by atoms with Gasteiger partial charge in [-0.15, -0.1) is 11.3 Å². The molecule has 1 aromatic heterocycles. The van der Waals surface area contributed by atoms with Gasteiger partial charge >= 0.3 is 12.2 Å². The Labute approximate surface area is 157 Å². The Hall–Kier alpha value is -2.75. The maximum atomic E-state index is 12.1. The lowest BCUT2D eigenvalue weighted by molar-refractivity contribution is -0.124. The highest BCUT2D eigenvalue weighted by molar-refractivity contribution is 7.09. The molecule has 0 atom stereocenters. The molecule has 0 saturated heterocycles. The van der Waals surface area contributed by atoms with E-state index in [0.29, 0.717) is 18.0 Å². The number of halogens is 3. The second-order valence-corrected chi connectivity index (χ2v) is 6.51. The summed E-state index contributed by atoms with van der Waals surface area (Å²) < 4.78 is 41.4. The lowest BCUT2D eigenvalue weighted by atomic mass is 10.2. The number of hydrogen-bond acceptors (Lipinski definition) is 5. The van der Waals surface area contributed by atoms with E-state index in [9.17, 15) is 22.8 Å². The van der Waals surface area contributed by atoms with Gasteiger partial charge in [-0.1, -0.05) is 6.07 Å². The molecule has 2 rings (SSSR count). The number of methoxy groups -OCH3 is 1. The Balaban J connectivity index is 2.02. The van der Waals surface area contributed by atoms with E-state index >= 15 is 0 Å². The zero-order valence-corrected chi connectivity index (χ0v) is 15.2. The van der Waals surface area contributed by atoms with Gasteiger partial charge in [0.1, 0.15) is 12.3 Å². The molecule has 0 saturated carbocycles. The first-order chi connectivity index (χ1) is 12.8. The van der Waals surface area contributed by atoms with Crippen molar-refractivity contribution in [3.05, 3.63) is 46.7 Å². The number of carbonyl (C=O) groups is 2. The summed E-state index contributed by atoms with van der Waals surface area (Å²) in [4.78, 5) is 26.2. The van der Waals surface area contributed by atoms with Gasteiger partial charge in [-0.2, -0.15) is 13.2 Å². The van der Waals surface area contributed by atoms with E-state index in [1.807, 2.05) is 22.8 Å². The van der Waals surface area contributed by atoms with E-state index in [1.54, 1.807) is 34.5 Å². The quantitative estimate of drug-likeness (QED) is 0.748. The van der Waals surface area contributed by atoms with Gasteiger partial charge in [0.05, 0.1) is 20.2 Å². The lowest BCUT2D eigenvalue weighted by Gasteiger charge is -2.24. The number of ether oxygens (including phenoxy) is 1. The molecular weight excluding hydrogens is 383 g/mol. The molecule has 0 unspecified atom stereocenters. The van der Waals surface area contributed by atoms with Crippen molar-refractivity contribution in [2.75, 3.05) is 25.1 Å². The molecule has 0 aliphatic heterocycles. The first kappa shape index (κ1) is 20.6. The summed E-state index contributed by atoms with van der Waals surface area (Å²) in [7, 11) is 1.53. The standard InChI is InChI=1S/C17H18F3N3O3S/c1-26-13-6-4-12(5-7-13)23(9-14-3-2-8-27-14)10-15(24)22-16(25)21-11-17(18,19)20/h2-8H,9-11H2,1H3,(H2,21,22,24,25). The van der Waals surface area contributed by atoms with Crippen molar-refractivity contribution in [2.45, 2.75) is 12.7 Å². The van der Waals surface area contributed by atoms with E-state index in [0.717, 1.165) is 4.88 Å². The monoisotopic (exact) mass is 401 g/mol. The highest BCUT2D eigenvalue weighted by Gasteiger charge is 2.28. The minimum absolute atomic E-state index is 0.205. The molecule has 10 heteroatoms. The Bertz CT molecular complexity index is 749. The molecular formula is C17H18F3N3O3S. The Morgan fingerprint density at radius 2 is 1.89 bits per heavy atom. The summed E-state index contributed by atoms with van der Waals surface area (Å²) in [5, 5.41) is 5.40. The molecule has 0 spiro atoms. The van der Waals surface area contributed by atoms with Crippen LogP contribution in [-0.4, -0.2) is 38.3 Å². The van der Waals surface area contributed by atoms with Crippen LogP contribution in [0.3, 0.4) is 0 Å². The van der Waals surface area contributed by atoms with Gasteiger partial charge in [-0.3, -0.25) is 10.1 Å². The van der Waals surface area contributed by atoms with Crippen molar-refractivity contribution < 1.29 is 27.5 Å². The fourth-order valence-corrected chi connectivity index (χ4v) is 2.91. The van der Waals surface area contributed by atoms with E-state index < -0.39 is 24.7 Å². The maximum absolute atomic E-state index is 12.1. The van der Waals surface area contributed by atoms with Crippen molar-refractivity contribution >= 4 is 29.0 Å². The number of urea groups is 1. The SMILES string of the molecule is COc1ccc(N(CC(=O)NC(=O)NCC(F)(F)F)Cc2cccs2)cc1. The van der Waals surface area contributed by atoms with Crippen LogP contribution >= 0.6 is 11.3 Å². The zero-order valence-electron chi connectivity index (χ0n) is 14.4. The smallest absolute Gasteiger partial charge is 0.405 e. The second kappa shape index (κ2) is 9.26. The second-order valence-electron chi connectivity index (χ2n) is 5.48. The number of carbonyl (C=O) groups excluding carboxylic acids is 2. The van der Waals surface area contributed by atoms with Crippen LogP contribution in [0, 0.1) is 0 Å². The fraction of sp³-hybridized carbons (Fsp3) is 0.294. The Kier molecular flexibility index (Phi) is 7.05. The molecule has 1 aromatic carbocycles. The van der Waals surface area contributed by atoms with Crippen LogP contribution in [0.2, 0.25) is 0 Å². The molecule has 2 N–H and O–H groups in total. The number of rotatable bonds is 7. The largest absolute Gasteiger partial charge is 0.497 e. The van der Waals surface area contributed by atoms with Crippen LogP contribution in [0.25, 0.3) is 0 Å². The van der Waals surface area contributed by atoms with Crippen LogP contribution in [0.1, 0.15) is 4.88 Å². The molecule has 27 heavy (non-hydrogen) atoms. The van der Waals surface area contributed by atoms with Crippen molar-refractivity contribution in [3.63, 3.8) is 0 Å². The fourth-order valence-electron chi connectivity index (χ4n) is 2.19. The number of thiophene rings is 1. The highest BCUT2D eigenvalue weighted by Crippen LogP contribution is 2.22. The van der Waals surface area contributed by atoms with Crippen molar-refractivity contribution in [2.24, 2.45) is 0 Å². The van der Waals surface area contributed by atoms with E-state index in [-0.39, 0.29) is 6.54 Å². The summed E-state index contributed by atoms with van der Waals surface area (Å²) in [5.74, 6) is -0.0761. The van der Waals surface area contributed by atoms with Crippen LogP contribution in [0.15, 0.2) is 41.8 Å². The zero-order chi connectivity index (χ0) is 19.9. The molecule has 6 nitrogen and oxygen atoms in total. The number of hydrogen-bond donors (Lipinski definition) is 2. The predicted molar refractivity (Wildman–Crippen MR) is 96.0 cm³/mol. The van der Waals surface area contributed by atoms with E-state index in [2.05, 4.69) is 0 Å². The predicted octanol–water partition coefficient (Wildman–Crippen LogP) is 3.15.